The topological polar surface area (TPSA) is 72.9 Å². The summed E-state index contributed by atoms with van der Waals surface area (Å²) >= 11 is 0. The van der Waals surface area contributed by atoms with Crippen LogP contribution in [0.1, 0.15) is 30.3 Å². The molecule has 0 saturated heterocycles. The number of nitrogens with zero attached hydrogens (tertiary/aromatic N) is 4. The summed E-state index contributed by atoms with van der Waals surface area (Å²) in [6.45, 7) is 2.83. The van der Waals surface area contributed by atoms with Crippen molar-refractivity contribution in [1.29, 1.82) is 0 Å². The second-order valence-corrected chi connectivity index (χ2v) is 8.30. The van der Waals surface area contributed by atoms with Gasteiger partial charge < -0.3 is 14.2 Å². The van der Waals surface area contributed by atoms with Crippen LogP contribution >= 0.6 is 0 Å². The molecular formula is C28H24N4O2. The second kappa shape index (κ2) is 8.87. The molecule has 6 heteroatoms. The quantitative estimate of drug-likeness (QED) is 0.383. The van der Waals surface area contributed by atoms with E-state index in [9.17, 15) is 4.79 Å². The maximum absolute atomic E-state index is 10.7. The van der Waals surface area contributed by atoms with Crippen LogP contribution in [-0.2, 0) is 24.8 Å². The first-order valence-electron chi connectivity index (χ1n) is 11.3. The Balaban J connectivity index is 1.56. The van der Waals surface area contributed by atoms with Crippen molar-refractivity contribution in [3.63, 3.8) is 0 Å². The molecular weight excluding hydrogens is 424 g/mol. The molecule has 0 fully saturated rings. The van der Waals surface area contributed by atoms with Gasteiger partial charge in [-0.2, -0.15) is 0 Å². The molecule has 1 N–H and O–H groups in total. The van der Waals surface area contributed by atoms with E-state index in [1.165, 1.54) is 0 Å². The highest BCUT2D eigenvalue weighted by Gasteiger charge is 2.15. The molecule has 0 unspecified atom stereocenters. The monoisotopic (exact) mass is 448 g/mol. The molecule has 0 aliphatic heterocycles. The van der Waals surface area contributed by atoms with Gasteiger partial charge in [0.1, 0.15) is 11.6 Å². The number of fused-ring (bicyclic) bond motifs is 2. The number of para-hydroxylation sites is 2. The highest BCUT2D eigenvalue weighted by atomic mass is 16.4. The van der Waals surface area contributed by atoms with Gasteiger partial charge in [-0.15, -0.1) is 0 Å². The molecule has 3 aromatic carbocycles. The Morgan fingerprint density at radius 1 is 0.971 bits per heavy atom. The molecule has 2 aromatic heterocycles. The Morgan fingerprint density at radius 2 is 1.74 bits per heavy atom. The molecule has 0 aliphatic rings. The van der Waals surface area contributed by atoms with Crippen LogP contribution in [0.4, 0.5) is 0 Å². The number of carbonyl (C=O) groups is 1. The predicted molar refractivity (Wildman–Crippen MR) is 133 cm³/mol. The summed E-state index contributed by atoms with van der Waals surface area (Å²) in [7, 11) is 2.05. The number of aromatic nitrogens is 4. The summed E-state index contributed by atoms with van der Waals surface area (Å²) in [5, 5.41) is 8.76. The number of hydrogen-bond donors (Lipinski definition) is 1. The molecule has 34 heavy (non-hydrogen) atoms. The molecule has 0 atom stereocenters. The average molecular weight is 449 g/mol. The van der Waals surface area contributed by atoms with E-state index in [0.717, 1.165) is 57.7 Å². The summed E-state index contributed by atoms with van der Waals surface area (Å²) in [4.78, 5) is 20.5. The fourth-order valence-corrected chi connectivity index (χ4v) is 4.31. The number of hydrogen-bond acceptors (Lipinski definition) is 3. The van der Waals surface area contributed by atoms with E-state index in [2.05, 4.69) is 52.2 Å². The molecule has 0 radical (unpaired) electrons. The van der Waals surface area contributed by atoms with Crippen molar-refractivity contribution in [3.05, 3.63) is 83.7 Å². The third-order valence-corrected chi connectivity index (χ3v) is 5.95. The standard InChI is InChI=1S/C28H24N4O2/c1-3-6-26-29-23-15-14-21(28-30-22-7-4-5-8-24(22)31(28)2)17-25(23)32(26)18-20-11-9-19(10-12-20)13-16-27(33)34/h4-5,7-12,14-15,17H,3,6,18H2,1-2H3,(H,33,34). The first kappa shape index (κ1) is 21.5. The summed E-state index contributed by atoms with van der Waals surface area (Å²) in [6.07, 6.45) is 1.89. The highest BCUT2D eigenvalue weighted by Crippen LogP contribution is 2.28. The van der Waals surface area contributed by atoms with Gasteiger partial charge in [0.2, 0.25) is 0 Å². The van der Waals surface area contributed by atoms with E-state index in [1.807, 2.05) is 49.5 Å². The minimum atomic E-state index is -1.13. The molecule has 0 spiro atoms. The lowest BCUT2D eigenvalue weighted by molar-refractivity contribution is -0.130. The Labute approximate surface area is 197 Å². The normalized spacial score (nSPS) is 11.0. The van der Waals surface area contributed by atoms with Crippen molar-refractivity contribution in [2.75, 3.05) is 0 Å². The van der Waals surface area contributed by atoms with Crippen LogP contribution < -0.4 is 0 Å². The van der Waals surface area contributed by atoms with Crippen molar-refractivity contribution in [2.24, 2.45) is 7.05 Å². The number of carboxylic acid groups (broad SMARTS) is 1. The number of carboxylic acids is 1. The average Bonchev–Trinajstić information content (AvgIpc) is 3.36. The van der Waals surface area contributed by atoms with Gasteiger partial charge in [-0.05, 0) is 54.4 Å². The van der Waals surface area contributed by atoms with Crippen molar-refractivity contribution < 1.29 is 9.90 Å². The largest absolute Gasteiger partial charge is 0.472 e. The second-order valence-electron chi connectivity index (χ2n) is 8.30. The Morgan fingerprint density at radius 3 is 2.47 bits per heavy atom. The fraction of sp³-hybridized carbons (Fsp3) is 0.179. The third-order valence-electron chi connectivity index (χ3n) is 5.95. The zero-order valence-electron chi connectivity index (χ0n) is 19.1. The zero-order chi connectivity index (χ0) is 23.7. The number of benzene rings is 3. The first-order valence-corrected chi connectivity index (χ1v) is 11.3. The Hall–Kier alpha value is -4.37. The molecule has 2 heterocycles. The minimum Gasteiger partial charge on any atom is -0.472 e. The minimum absolute atomic E-state index is 0.671. The van der Waals surface area contributed by atoms with Gasteiger partial charge in [-0.3, -0.25) is 0 Å². The summed E-state index contributed by atoms with van der Waals surface area (Å²) in [6, 6.07) is 22.2. The van der Waals surface area contributed by atoms with E-state index in [1.54, 1.807) is 0 Å². The lowest BCUT2D eigenvalue weighted by atomic mass is 10.1. The van der Waals surface area contributed by atoms with Crippen LogP contribution in [0.15, 0.2) is 66.7 Å². The van der Waals surface area contributed by atoms with Crippen molar-refractivity contribution in [3.8, 4) is 23.2 Å². The number of aliphatic carboxylic acids is 1. The van der Waals surface area contributed by atoms with E-state index in [-0.39, 0.29) is 0 Å². The van der Waals surface area contributed by atoms with Crippen LogP contribution in [-0.4, -0.2) is 30.2 Å². The van der Waals surface area contributed by atoms with Gasteiger partial charge in [0.05, 0.1) is 22.1 Å². The first-order chi connectivity index (χ1) is 16.5. The molecule has 0 aliphatic carbocycles. The molecule has 0 amide bonds. The lowest BCUT2D eigenvalue weighted by Crippen LogP contribution is -2.05. The van der Waals surface area contributed by atoms with Gasteiger partial charge >= 0.3 is 5.97 Å². The molecule has 0 saturated carbocycles. The highest BCUT2D eigenvalue weighted by molar-refractivity contribution is 5.87. The summed E-state index contributed by atoms with van der Waals surface area (Å²) in [5.74, 6) is 5.66. The zero-order valence-corrected chi connectivity index (χ0v) is 19.1. The predicted octanol–water partition coefficient (Wildman–Crippen LogP) is 5.03. The van der Waals surface area contributed by atoms with Crippen molar-refractivity contribution >= 4 is 28.0 Å². The number of imidazole rings is 2. The molecule has 6 nitrogen and oxygen atoms in total. The molecule has 0 bridgehead atoms. The maximum atomic E-state index is 10.7. The van der Waals surface area contributed by atoms with E-state index >= 15 is 0 Å². The fourth-order valence-electron chi connectivity index (χ4n) is 4.31. The van der Waals surface area contributed by atoms with Crippen LogP contribution in [0.2, 0.25) is 0 Å². The smallest absolute Gasteiger partial charge is 0.382 e. The van der Waals surface area contributed by atoms with Crippen molar-refractivity contribution in [1.82, 2.24) is 19.1 Å². The summed E-state index contributed by atoms with van der Waals surface area (Å²) in [5.41, 5.74) is 6.95. The van der Waals surface area contributed by atoms with Gasteiger partial charge in [0.15, 0.2) is 0 Å². The van der Waals surface area contributed by atoms with Gasteiger partial charge in [0.25, 0.3) is 0 Å². The van der Waals surface area contributed by atoms with Crippen LogP contribution in [0.25, 0.3) is 33.5 Å². The van der Waals surface area contributed by atoms with Crippen LogP contribution in [0.5, 0.6) is 0 Å². The number of aryl methyl sites for hydroxylation is 2. The van der Waals surface area contributed by atoms with Crippen molar-refractivity contribution in [2.45, 2.75) is 26.3 Å². The van der Waals surface area contributed by atoms with Crippen LogP contribution in [0.3, 0.4) is 0 Å². The number of rotatable bonds is 5. The van der Waals surface area contributed by atoms with Gasteiger partial charge in [-0.25, -0.2) is 14.8 Å². The Bertz CT molecular complexity index is 1580. The third kappa shape index (κ3) is 4.04. The lowest BCUT2D eigenvalue weighted by Gasteiger charge is -2.10. The van der Waals surface area contributed by atoms with Gasteiger partial charge in [0, 0.05) is 37.1 Å². The van der Waals surface area contributed by atoms with Gasteiger partial charge in [-0.1, -0.05) is 37.1 Å². The van der Waals surface area contributed by atoms with E-state index in [0.29, 0.717) is 12.1 Å². The van der Waals surface area contributed by atoms with E-state index < -0.39 is 5.97 Å². The summed E-state index contributed by atoms with van der Waals surface area (Å²) < 4.78 is 4.39. The van der Waals surface area contributed by atoms with E-state index in [4.69, 9.17) is 15.1 Å². The molecule has 168 valence electrons. The SMILES string of the molecule is CCCc1nc2ccc(-c3nc4ccccc4n3C)cc2n1Cc1ccc(C#CC(=O)O)cc1. The van der Waals surface area contributed by atoms with Crippen LogP contribution in [0, 0.1) is 11.8 Å². The maximum Gasteiger partial charge on any atom is 0.382 e. The molecule has 5 aromatic rings. The molecule has 5 rings (SSSR count). The Kier molecular flexibility index (Phi) is 5.60.